The summed E-state index contributed by atoms with van der Waals surface area (Å²) in [5, 5.41) is 22.7. The van der Waals surface area contributed by atoms with Crippen LogP contribution in [0.2, 0.25) is 0 Å². The number of carbonyl (C=O) groups excluding carboxylic acids is 1. The highest BCUT2D eigenvalue weighted by atomic mass is 32.2. The number of nitrogens with one attached hydrogen (secondary N) is 3. The molecule has 2 aromatic rings. The second-order valence-electron chi connectivity index (χ2n) is 8.08. The van der Waals surface area contributed by atoms with E-state index in [1.165, 1.54) is 37.4 Å². The Morgan fingerprint density at radius 3 is 2.75 bits per heavy atom. The summed E-state index contributed by atoms with van der Waals surface area (Å²) in [4.78, 5) is 16.4. The van der Waals surface area contributed by atoms with Crippen LogP contribution >= 0.6 is 0 Å². The fourth-order valence-electron chi connectivity index (χ4n) is 4.05. The predicted molar refractivity (Wildman–Crippen MR) is 113 cm³/mol. The minimum atomic E-state index is -3.83. The van der Waals surface area contributed by atoms with Crippen molar-refractivity contribution in [3.63, 3.8) is 0 Å². The Balaban J connectivity index is 1.63. The number of amidine groups is 1. The van der Waals surface area contributed by atoms with Crippen molar-refractivity contribution in [2.24, 2.45) is 0 Å². The molecule has 0 radical (unpaired) electrons. The number of halogens is 1. The van der Waals surface area contributed by atoms with E-state index in [0.717, 1.165) is 6.07 Å². The van der Waals surface area contributed by atoms with Crippen LogP contribution in [0, 0.1) is 22.6 Å². The molecule has 0 saturated carbocycles. The fourth-order valence-corrected chi connectivity index (χ4v) is 6.33. The summed E-state index contributed by atoms with van der Waals surface area (Å²) in [6.07, 6.45) is 1.43. The number of carbonyl (C=O) groups is 1. The maximum atomic E-state index is 14.8. The van der Waals surface area contributed by atoms with Crippen molar-refractivity contribution in [1.82, 2.24) is 10.3 Å². The molecule has 1 aromatic heterocycles. The van der Waals surface area contributed by atoms with E-state index >= 15 is 0 Å². The molecule has 2 atom stereocenters. The molecule has 0 aliphatic carbocycles. The van der Waals surface area contributed by atoms with Crippen LogP contribution in [0.15, 0.2) is 36.5 Å². The van der Waals surface area contributed by atoms with Gasteiger partial charge in [0.05, 0.1) is 23.5 Å². The van der Waals surface area contributed by atoms with Crippen LogP contribution in [0.1, 0.15) is 35.0 Å². The normalized spacial score (nSPS) is 26.3. The summed E-state index contributed by atoms with van der Waals surface area (Å²) >= 11 is 0. The first-order valence-electron chi connectivity index (χ1n) is 9.75. The quantitative estimate of drug-likeness (QED) is 0.636. The SMILES string of the molecule is C[C@@]1(c2cc(NC(=O)c3ccc(C#N)cn3)ccc2F)CS(=O)(=O)[C@@]2(CCOC2)C(=N)N1. The van der Waals surface area contributed by atoms with Crippen LogP contribution in [0.25, 0.3) is 0 Å². The second-order valence-corrected chi connectivity index (χ2v) is 10.4. The van der Waals surface area contributed by atoms with Gasteiger partial charge in [-0.15, -0.1) is 0 Å². The summed E-state index contributed by atoms with van der Waals surface area (Å²) in [5.74, 6) is -1.90. The first-order chi connectivity index (χ1) is 15.1. The lowest BCUT2D eigenvalue weighted by molar-refractivity contribution is 0.102. The van der Waals surface area contributed by atoms with Crippen molar-refractivity contribution in [2.75, 3.05) is 24.3 Å². The van der Waals surface area contributed by atoms with Crippen LogP contribution in [0.5, 0.6) is 0 Å². The number of pyridine rings is 1. The molecule has 3 N–H and O–H groups in total. The van der Waals surface area contributed by atoms with Gasteiger partial charge in [0.25, 0.3) is 5.91 Å². The van der Waals surface area contributed by atoms with Gasteiger partial charge in [-0.2, -0.15) is 5.26 Å². The number of aromatic nitrogens is 1. The number of sulfone groups is 1. The standard InChI is InChI=1S/C21H20FN5O4S/c1-20(12-32(29,30)21(19(24)27-20)6-7-31-11-21)15-8-14(3-4-16(15)22)26-18(28)17-5-2-13(9-23)10-25-17/h2-5,8,10H,6-7,11-12H2,1H3,(H2,24,27)(H,26,28)/t20-,21+/m0/s1. The molecule has 0 unspecified atom stereocenters. The van der Waals surface area contributed by atoms with E-state index in [4.69, 9.17) is 15.4 Å². The highest BCUT2D eigenvalue weighted by molar-refractivity contribution is 7.93. The molecule has 1 amide bonds. The van der Waals surface area contributed by atoms with Crippen molar-refractivity contribution in [3.8, 4) is 6.07 Å². The topological polar surface area (TPSA) is 145 Å². The van der Waals surface area contributed by atoms with Crippen molar-refractivity contribution in [1.29, 1.82) is 10.7 Å². The zero-order valence-corrected chi connectivity index (χ0v) is 17.9. The number of nitriles is 1. The van der Waals surface area contributed by atoms with E-state index < -0.39 is 37.6 Å². The molecule has 3 heterocycles. The highest BCUT2D eigenvalue weighted by Gasteiger charge is 2.58. The Labute approximate surface area is 184 Å². The van der Waals surface area contributed by atoms with Crippen molar-refractivity contribution in [3.05, 3.63) is 59.2 Å². The number of amides is 1. The summed E-state index contributed by atoms with van der Waals surface area (Å²) in [6, 6.07) is 8.56. The molecular formula is C21H20FN5O4S. The molecule has 1 spiro atoms. The lowest BCUT2D eigenvalue weighted by atomic mass is 9.90. The first-order valence-corrected chi connectivity index (χ1v) is 11.4. The highest BCUT2D eigenvalue weighted by Crippen LogP contribution is 2.40. The Morgan fingerprint density at radius 2 is 2.16 bits per heavy atom. The molecule has 2 aliphatic heterocycles. The van der Waals surface area contributed by atoms with E-state index in [1.807, 2.05) is 6.07 Å². The van der Waals surface area contributed by atoms with Crippen LogP contribution < -0.4 is 10.6 Å². The van der Waals surface area contributed by atoms with Gasteiger partial charge in [0.1, 0.15) is 23.4 Å². The van der Waals surface area contributed by atoms with Crippen LogP contribution in [0.3, 0.4) is 0 Å². The van der Waals surface area contributed by atoms with Gasteiger partial charge in [-0.25, -0.2) is 17.8 Å². The molecule has 9 nitrogen and oxygen atoms in total. The average molecular weight is 457 g/mol. The van der Waals surface area contributed by atoms with Crippen molar-refractivity contribution >= 4 is 27.3 Å². The molecule has 4 rings (SSSR count). The summed E-state index contributed by atoms with van der Waals surface area (Å²) in [7, 11) is -3.83. The number of nitrogens with zero attached hydrogens (tertiary/aromatic N) is 2. The third kappa shape index (κ3) is 3.51. The molecule has 0 bridgehead atoms. The number of hydrogen-bond acceptors (Lipinski definition) is 7. The second kappa shape index (κ2) is 7.65. The number of benzene rings is 1. The van der Waals surface area contributed by atoms with Gasteiger partial charge in [0.2, 0.25) is 0 Å². The average Bonchev–Trinajstić information content (AvgIpc) is 3.26. The van der Waals surface area contributed by atoms with Gasteiger partial charge in [-0.05, 0) is 43.7 Å². The predicted octanol–water partition coefficient (Wildman–Crippen LogP) is 1.71. The Hall–Kier alpha value is -3.36. The zero-order valence-electron chi connectivity index (χ0n) is 17.1. The van der Waals surface area contributed by atoms with Gasteiger partial charge in [0, 0.05) is 24.1 Å². The molecule has 1 aromatic carbocycles. The molecule has 32 heavy (non-hydrogen) atoms. The molecule has 2 aliphatic rings. The van der Waals surface area contributed by atoms with Crippen LogP contribution in [0.4, 0.5) is 10.1 Å². The number of rotatable bonds is 3. The van der Waals surface area contributed by atoms with Gasteiger partial charge in [-0.3, -0.25) is 10.2 Å². The number of ether oxygens (including phenoxy) is 1. The Morgan fingerprint density at radius 1 is 1.38 bits per heavy atom. The fraction of sp³-hybridized carbons (Fsp3) is 0.333. The first kappa shape index (κ1) is 21.9. The van der Waals surface area contributed by atoms with E-state index in [0.29, 0.717) is 5.56 Å². The van der Waals surface area contributed by atoms with Crippen molar-refractivity contribution < 1.29 is 22.3 Å². The van der Waals surface area contributed by atoms with E-state index in [1.54, 1.807) is 0 Å². The lowest BCUT2D eigenvalue weighted by Gasteiger charge is -2.44. The summed E-state index contributed by atoms with van der Waals surface area (Å²) in [5.41, 5.74) is -0.819. The molecule has 166 valence electrons. The van der Waals surface area contributed by atoms with Gasteiger partial charge >= 0.3 is 0 Å². The summed E-state index contributed by atoms with van der Waals surface area (Å²) < 4.78 is 44.9. The summed E-state index contributed by atoms with van der Waals surface area (Å²) in [6.45, 7) is 1.64. The van der Waals surface area contributed by atoms with Crippen LogP contribution in [-0.2, 0) is 20.1 Å². The van der Waals surface area contributed by atoms with Crippen LogP contribution in [-0.4, -0.2) is 48.9 Å². The maximum Gasteiger partial charge on any atom is 0.274 e. The molecule has 2 fully saturated rings. The van der Waals surface area contributed by atoms with E-state index in [2.05, 4.69) is 15.6 Å². The molecule has 2 saturated heterocycles. The van der Waals surface area contributed by atoms with E-state index in [9.17, 15) is 17.6 Å². The minimum absolute atomic E-state index is 0.00479. The third-order valence-electron chi connectivity index (χ3n) is 5.86. The zero-order chi connectivity index (χ0) is 23.1. The number of anilines is 1. The monoisotopic (exact) mass is 457 g/mol. The van der Waals surface area contributed by atoms with Gasteiger partial charge < -0.3 is 15.4 Å². The number of hydrogen-bond donors (Lipinski definition) is 3. The maximum absolute atomic E-state index is 14.8. The third-order valence-corrected chi connectivity index (χ3v) is 8.53. The van der Waals surface area contributed by atoms with Crippen molar-refractivity contribution in [2.45, 2.75) is 23.6 Å². The lowest BCUT2D eigenvalue weighted by Crippen LogP contribution is -2.66. The minimum Gasteiger partial charge on any atom is -0.379 e. The largest absolute Gasteiger partial charge is 0.379 e. The van der Waals surface area contributed by atoms with Gasteiger partial charge in [0.15, 0.2) is 14.6 Å². The Kier molecular flexibility index (Phi) is 5.22. The molecule has 11 heteroatoms. The Bertz CT molecular complexity index is 1250. The van der Waals surface area contributed by atoms with E-state index in [-0.39, 0.29) is 42.4 Å². The van der Waals surface area contributed by atoms with Gasteiger partial charge in [-0.1, -0.05) is 0 Å². The molecular weight excluding hydrogens is 437 g/mol. The smallest absolute Gasteiger partial charge is 0.274 e.